The fraction of sp³-hybridized carbons (Fsp3) is 0.929. The van der Waals surface area contributed by atoms with Crippen molar-refractivity contribution >= 4 is 15.9 Å². The van der Waals surface area contributed by atoms with Crippen LogP contribution in [0.5, 0.6) is 0 Å². The van der Waals surface area contributed by atoms with Crippen molar-refractivity contribution in [2.24, 2.45) is 17.6 Å². The van der Waals surface area contributed by atoms with Crippen molar-refractivity contribution in [2.45, 2.75) is 35.7 Å². The Labute approximate surface area is 134 Å². The van der Waals surface area contributed by atoms with Gasteiger partial charge in [-0.1, -0.05) is 15.9 Å². The van der Waals surface area contributed by atoms with E-state index in [-0.39, 0.29) is 23.2 Å². The average Bonchev–Trinajstić information content (AvgIpc) is 3.05. The van der Waals surface area contributed by atoms with E-state index in [2.05, 4.69) is 44.6 Å². The molecule has 0 aromatic rings. The quantitative estimate of drug-likeness (QED) is 0.588. The standard InChI is InChI=1S/C14H24BrN5O/c1-20-6-8(3-16)11(7-20)19-14-13(15)10-2-9(4-17)21-12(10)5-18-14/h8-14,18-19H,2-3,5-7,16H2,1H3/t8-,9?,10?,11-,12?,13?,14?/m1/s1. The first-order valence-corrected chi connectivity index (χ1v) is 8.61. The number of hydrogen-bond acceptors (Lipinski definition) is 6. The number of fused-ring (bicyclic) bond motifs is 1. The van der Waals surface area contributed by atoms with Gasteiger partial charge in [-0.3, -0.25) is 10.6 Å². The molecule has 0 saturated carbocycles. The van der Waals surface area contributed by atoms with E-state index in [4.69, 9.17) is 15.7 Å². The summed E-state index contributed by atoms with van der Waals surface area (Å²) in [5.74, 6) is 0.893. The van der Waals surface area contributed by atoms with Crippen LogP contribution in [-0.4, -0.2) is 67.4 Å². The highest BCUT2D eigenvalue weighted by atomic mass is 79.9. The summed E-state index contributed by atoms with van der Waals surface area (Å²) in [4.78, 5) is 2.60. The van der Waals surface area contributed by atoms with Gasteiger partial charge in [0.15, 0.2) is 0 Å². The number of likely N-dealkylation sites (tertiary alicyclic amines) is 1. The van der Waals surface area contributed by atoms with E-state index in [1.54, 1.807) is 0 Å². The van der Waals surface area contributed by atoms with Crippen LogP contribution in [0.4, 0.5) is 0 Å². The van der Waals surface area contributed by atoms with Crippen molar-refractivity contribution in [3.63, 3.8) is 0 Å². The normalized spacial score (nSPS) is 47.2. The fourth-order valence-electron chi connectivity index (χ4n) is 3.88. The highest BCUT2D eigenvalue weighted by molar-refractivity contribution is 9.09. The van der Waals surface area contributed by atoms with Gasteiger partial charge in [0.25, 0.3) is 0 Å². The van der Waals surface area contributed by atoms with Crippen molar-refractivity contribution in [3.05, 3.63) is 0 Å². The van der Waals surface area contributed by atoms with Crippen LogP contribution in [0.2, 0.25) is 0 Å². The van der Waals surface area contributed by atoms with Gasteiger partial charge >= 0.3 is 0 Å². The first-order valence-electron chi connectivity index (χ1n) is 7.69. The van der Waals surface area contributed by atoms with Crippen molar-refractivity contribution < 1.29 is 4.74 Å². The Morgan fingerprint density at radius 2 is 2.33 bits per heavy atom. The lowest BCUT2D eigenvalue weighted by atomic mass is 9.90. The molecule has 0 amide bonds. The van der Waals surface area contributed by atoms with Crippen LogP contribution in [-0.2, 0) is 4.74 Å². The molecule has 0 radical (unpaired) electrons. The van der Waals surface area contributed by atoms with Crippen LogP contribution in [0.15, 0.2) is 0 Å². The van der Waals surface area contributed by atoms with Gasteiger partial charge in [0.2, 0.25) is 0 Å². The molecule has 3 aliphatic rings. The summed E-state index contributed by atoms with van der Waals surface area (Å²) < 4.78 is 5.75. The summed E-state index contributed by atoms with van der Waals surface area (Å²) in [6, 6.07) is 2.66. The summed E-state index contributed by atoms with van der Waals surface area (Å²) in [7, 11) is 2.14. The third kappa shape index (κ3) is 3.11. The second-order valence-electron chi connectivity index (χ2n) is 6.51. The lowest BCUT2D eigenvalue weighted by molar-refractivity contribution is 0.0403. The minimum Gasteiger partial charge on any atom is -0.358 e. The first-order chi connectivity index (χ1) is 10.1. The monoisotopic (exact) mass is 357 g/mol. The summed E-state index contributed by atoms with van der Waals surface area (Å²) in [5, 5.41) is 16.3. The maximum atomic E-state index is 9.05. The first kappa shape index (κ1) is 15.7. The van der Waals surface area contributed by atoms with Gasteiger partial charge in [0.1, 0.15) is 6.10 Å². The summed E-state index contributed by atoms with van der Waals surface area (Å²) in [6.07, 6.45) is 0.920. The van der Waals surface area contributed by atoms with E-state index in [0.29, 0.717) is 24.4 Å². The van der Waals surface area contributed by atoms with Gasteiger partial charge in [-0.2, -0.15) is 5.26 Å². The molecule has 3 aliphatic heterocycles. The fourth-order valence-corrected chi connectivity index (χ4v) is 4.78. The minimum atomic E-state index is -0.255. The molecule has 0 spiro atoms. The maximum absolute atomic E-state index is 9.05. The Morgan fingerprint density at radius 3 is 3.05 bits per heavy atom. The third-order valence-electron chi connectivity index (χ3n) is 5.03. The molecule has 118 valence electrons. The van der Waals surface area contributed by atoms with Gasteiger partial charge in [-0.15, -0.1) is 0 Å². The van der Waals surface area contributed by atoms with Crippen molar-refractivity contribution in [1.82, 2.24) is 15.5 Å². The topological polar surface area (TPSA) is 86.3 Å². The number of nitrogens with zero attached hydrogens (tertiary/aromatic N) is 2. The predicted octanol–water partition coefficient (Wildman–Crippen LogP) is -0.545. The number of likely N-dealkylation sites (N-methyl/N-ethyl adjacent to an activating group) is 1. The van der Waals surface area contributed by atoms with Gasteiger partial charge < -0.3 is 15.4 Å². The number of halogens is 1. The molecule has 3 rings (SSSR count). The smallest absolute Gasteiger partial charge is 0.144 e. The van der Waals surface area contributed by atoms with Crippen LogP contribution >= 0.6 is 15.9 Å². The third-order valence-corrected chi connectivity index (χ3v) is 6.24. The molecular formula is C14H24BrN5O. The molecule has 6 nitrogen and oxygen atoms in total. The van der Waals surface area contributed by atoms with E-state index >= 15 is 0 Å². The number of alkyl halides is 1. The molecule has 3 heterocycles. The molecule has 3 fully saturated rings. The number of nitriles is 1. The van der Waals surface area contributed by atoms with Crippen LogP contribution < -0.4 is 16.4 Å². The number of hydrogen-bond donors (Lipinski definition) is 3. The van der Waals surface area contributed by atoms with Gasteiger partial charge in [0.05, 0.1) is 18.3 Å². The Morgan fingerprint density at radius 1 is 1.52 bits per heavy atom. The van der Waals surface area contributed by atoms with Crippen LogP contribution in [0, 0.1) is 23.2 Å². The van der Waals surface area contributed by atoms with Crippen molar-refractivity contribution in [3.8, 4) is 6.07 Å². The summed E-state index contributed by atoms with van der Waals surface area (Å²) in [5.41, 5.74) is 5.89. The number of rotatable bonds is 3. The molecule has 7 atom stereocenters. The summed E-state index contributed by atoms with van der Waals surface area (Å²) in [6.45, 7) is 3.61. The predicted molar refractivity (Wildman–Crippen MR) is 83.9 cm³/mol. The van der Waals surface area contributed by atoms with Gasteiger partial charge in [-0.05, 0) is 20.0 Å². The van der Waals surface area contributed by atoms with E-state index < -0.39 is 0 Å². The van der Waals surface area contributed by atoms with Crippen LogP contribution in [0.1, 0.15) is 6.42 Å². The zero-order valence-corrected chi connectivity index (χ0v) is 13.9. The lowest BCUT2D eigenvalue weighted by Gasteiger charge is -2.39. The van der Waals surface area contributed by atoms with E-state index in [0.717, 1.165) is 26.1 Å². The Kier molecular flexibility index (Phi) is 4.84. The van der Waals surface area contributed by atoms with E-state index in [9.17, 15) is 0 Å². The van der Waals surface area contributed by atoms with E-state index in [1.807, 2.05) is 0 Å². The Bertz CT molecular complexity index is 417. The Hall–Kier alpha value is -0.230. The number of ether oxygens (including phenoxy) is 1. The van der Waals surface area contributed by atoms with Crippen molar-refractivity contribution in [1.29, 1.82) is 5.26 Å². The van der Waals surface area contributed by atoms with Gasteiger partial charge in [0, 0.05) is 42.3 Å². The molecule has 0 aliphatic carbocycles. The molecule has 4 N–H and O–H groups in total. The molecule has 21 heavy (non-hydrogen) atoms. The number of piperidine rings is 1. The van der Waals surface area contributed by atoms with Crippen molar-refractivity contribution in [2.75, 3.05) is 33.2 Å². The zero-order chi connectivity index (χ0) is 15.0. The van der Waals surface area contributed by atoms with E-state index in [1.165, 1.54) is 0 Å². The highest BCUT2D eigenvalue weighted by Gasteiger charge is 2.46. The molecule has 0 aromatic heterocycles. The molecule has 0 aromatic carbocycles. The maximum Gasteiger partial charge on any atom is 0.144 e. The zero-order valence-electron chi connectivity index (χ0n) is 12.3. The SMILES string of the molecule is CN1C[C@@H](CN)[C@H](NC2NCC3OC(C#N)CC3C2Br)C1. The number of nitrogens with one attached hydrogen (secondary N) is 2. The molecule has 0 bridgehead atoms. The second kappa shape index (κ2) is 6.49. The Balaban J connectivity index is 1.61. The van der Waals surface area contributed by atoms with Crippen LogP contribution in [0.25, 0.3) is 0 Å². The number of nitrogens with two attached hydrogens (primary N) is 1. The lowest BCUT2D eigenvalue weighted by Crippen LogP contribution is -2.62. The second-order valence-corrected chi connectivity index (χ2v) is 7.57. The molecular weight excluding hydrogens is 334 g/mol. The molecule has 7 heteroatoms. The average molecular weight is 358 g/mol. The molecule has 3 saturated heterocycles. The minimum absolute atomic E-state index is 0.147. The van der Waals surface area contributed by atoms with Gasteiger partial charge in [-0.25, -0.2) is 0 Å². The largest absolute Gasteiger partial charge is 0.358 e. The van der Waals surface area contributed by atoms with Crippen LogP contribution in [0.3, 0.4) is 0 Å². The molecule has 5 unspecified atom stereocenters. The summed E-state index contributed by atoms with van der Waals surface area (Å²) >= 11 is 3.82. The highest BCUT2D eigenvalue weighted by Crippen LogP contribution is 2.36.